The van der Waals surface area contributed by atoms with E-state index in [1.165, 1.54) is 137 Å². The van der Waals surface area contributed by atoms with Crippen LogP contribution in [-0.2, 0) is 22.4 Å². The van der Waals surface area contributed by atoms with Gasteiger partial charge in [-0.3, -0.25) is 29.8 Å². The largest absolute Gasteiger partial charge is 0.494 e. The van der Waals surface area contributed by atoms with Crippen molar-refractivity contribution in [3.05, 3.63) is 140 Å². The number of Topliss-reactive ketones (excluding diaryl/α,β-unsaturated/α-hetero) is 2. The summed E-state index contributed by atoms with van der Waals surface area (Å²) in [6, 6.07) is 28.0. The number of rotatable bonds is 30. The summed E-state index contributed by atoms with van der Waals surface area (Å²) < 4.78 is 12.1. The third kappa shape index (κ3) is 16.3. The van der Waals surface area contributed by atoms with Gasteiger partial charge in [0.15, 0.2) is 5.78 Å². The van der Waals surface area contributed by atoms with Gasteiger partial charge in [0, 0.05) is 48.9 Å². The van der Waals surface area contributed by atoms with Gasteiger partial charge >= 0.3 is 0 Å². The predicted octanol–water partition coefficient (Wildman–Crippen LogP) is 13.9. The third-order valence-corrected chi connectivity index (χ3v) is 15.5. The summed E-state index contributed by atoms with van der Waals surface area (Å²) in [5.74, 6) is 0.357. The number of aliphatic hydroxyl groups is 2. The highest BCUT2D eigenvalue weighted by molar-refractivity contribution is 5.88. The second-order valence-electron chi connectivity index (χ2n) is 20.8. The van der Waals surface area contributed by atoms with Gasteiger partial charge in [-0.25, -0.2) is 0 Å². The lowest BCUT2D eigenvalue weighted by Crippen LogP contribution is -2.57. The first-order valence-electron chi connectivity index (χ1n) is 26.7. The number of hydrogen-bond acceptors (Lipinski definition) is 10. The first-order chi connectivity index (χ1) is 34.3. The lowest BCUT2D eigenvalue weighted by Gasteiger charge is -2.43. The molecule has 0 bridgehead atoms. The van der Waals surface area contributed by atoms with Gasteiger partial charge in [-0.15, -0.1) is 0 Å². The van der Waals surface area contributed by atoms with Gasteiger partial charge in [-0.05, 0) is 173 Å². The zero-order valence-electron chi connectivity index (χ0n) is 42.3. The molecule has 12 nitrogen and oxygen atoms in total. The van der Waals surface area contributed by atoms with E-state index >= 15 is 0 Å². The van der Waals surface area contributed by atoms with Crippen molar-refractivity contribution < 1.29 is 39.1 Å². The maximum atomic E-state index is 14.2. The average Bonchev–Trinajstić information content (AvgIpc) is 3.37. The molecule has 0 heterocycles. The summed E-state index contributed by atoms with van der Waals surface area (Å²) in [5.41, 5.74) is 1.48. The number of ketones is 2. The van der Waals surface area contributed by atoms with Gasteiger partial charge in [-0.2, -0.15) is 0 Å². The van der Waals surface area contributed by atoms with E-state index in [-0.39, 0.29) is 42.8 Å². The van der Waals surface area contributed by atoms with Crippen molar-refractivity contribution >= 4 is 22.9 Å². The predicted molar refractivity (Wildman–Crippen MR) is 278 cm³/mol. The summed E-state index contributed by atoms with van der Waals surface area (Å²) in [7, 11) is 0. The maximum absolute atomic E-state index is 14.2. The second-order valence-corrected chi connectivity index (χ2v) is 20.8. The highest BCUT2D eigenvalue weighted by atomic mass is 16.6. The standard InChI is InChI=1S/C59H78N2O10/c1-3-11-44-15-23-48(24-16-44)50-27-35-55(36-28-50)70-39-9-5-7-13-54(62)43-58(41-46-19-31-52(32-20-46)60(66)67,42-47-21-33-53(34-22-47)61(68)69)59(64,65)57(63)14-8-6-10-40-71-56-37-29-51(30-38-56)49-25-17-45(12-4-2)18-26-49/h19-22,27-38,44-45,48-49,64-65H,3-18,23-26,39-43H2,1-2H3. The highest BCUT2D eigenvalue weighted by Crippen LogP contribution is 2.44. The molecule has 6 rings (SSSR count). The quantitative estimate of drug-likeness (QED) is 0.0221. The first kappa shape index (κ1) is 54.9. The van der Waals surface area contributed by atoms with Crippen molar-refractivity contribution in [2.75, 3.05) is 13.2 Å². The lowest BCUT2D eigenvalue weighted by atomic mass is 9.65. The maximum Gasteiger partial charge on any atom is 0.269 e. The van der Waals surface area contributed by atoms with Crippen molar-refractivity contribution in [3.63, 3.8) is 0 Å². The molecule has 4 aromatic carbocycles. The van der Waals surface area contributed by atoms with Crippen LogP contribution in [0.4, 0.5) is 11.4 Å². The zero-order chi connectivity index (χ0) is 50.6. The van der Waals surface area contributed by atoms with Gasteiger partial charge in [0.1, 0.15) is 17.3 Å². The number of nitro benzene ring substituents is 2. The molecular weight excluding hydrogens is 897 g/mol. The highest BCUT2D eigenvalue weighted by Gasteiger charge is 2.54. The number of benzene rings is 4. The molecule has 0 aromatic heterocycles. The number of hydrogen-bond donors (Lipinski definition) is 2. The molecule has 2 N–H and O–H groups in total. The molecular formula is C59H78N2O10. The smallest absolute Gasteiger partial charge is 0.269 e. The summed E-state index contributed by atoms with van der Waals surface area (Å²) in [6.07, 6.45) is 17.9. The summed E-state index contributed by atoms with van der Waals surface area (Å²) in [6.45, 7) is 5.43. The van der Waals surface area contributed by atoms with Crippen LogP contribution < -0.4 is 9.47 Å². The Morgan fingerprint density at radius 3 is 1.32 bits per heavy atom. The number of unbranched alkanes of at least 4 members (excludes halogenated alkanes) is 4. The molecule has 12 heteroatoms. The normalized spacial score (nSPS) is 18.4. The minimum Gasteiger partial charge on any atom is -0.494 e. The molecule has 2 fully saturated rings. The van der Waals surface area contributed by atoms with Crippen LogP contribution in [0.15, 0.2) is 97.1 Å². The number of non-ortho nitro benzene ring substituents is 2. The number of carbonyl (C=O) groups excluding carboxylic acids is 2. The zero-order valence-corrected chi connectivity index (χ0v) is 42.3. The van der Waals surface area contributed by atoms with E-state index in [4.69, 9.17) is 9.47 Å². The van der Waals surface area contributed by atoms with Crippen molar-refractivity contribution in [2.24, 2.45) is 17.3 Å². The monoisotopic (exact) mass is 975 g/mol. The van der Waals surface area contributed by atoms with E-state index in [1.54, 1.807) is 0 Å². The third-order valence-electron chi connectivity index (χ3n) is 15.5. The molecule has 384 valence electrons. The molecule has 0 saturated heterocycles. The molecule has 0 aliphatic heterocycles. The van der Waals surface area contributed by atoms with Gasteiger partial charge in [0.2, 0.25) is 5.79 Å². The van der Waals surface area contributed by atoms with E-state index in [0.717, 1.165) is 23.3 Å². The SMILES string of the molecule is CCCC1CCC(c2ccc(OCCCCCC(=O)CC(Cc3ccc([N+](=O)[O-])cc3)(Cc3ccc([N+](=O)[O-])cc3)C(O)(O)C(=O)CCCCCOc3ccc(C4CCC(CCC)CC4)cc3)cc2)CC1. The van der Waals surface area contributed by atoms with Gasteiger partial charge < -0.3 is 19.7 Å². The fourth-order valence-corrected chi connectivity index (χ4v) is 11.3. The molecule has 2 aliphatic carbocycles. The fourth-order valence-electron chi connectivity index (χ4n) is 11.3. The summed E-state index contributed by atoms with van der Waals surface area (Å²) in [5, 5.41) is 47.5. The first-order valence-corrected chi connectivity index (χ1v) is 26.7. The van der Waals surface area contributed by atoms with Crippen LogP contribution >= 0.6 is 0 Å². The Labute approximate surface area is 421 Å². The van der Waals surface area contributed by atoms with E-state index in [1.807, 2.05) is 24.3 Å². The van der Waals surface area contributed by atoms with Crippen LogP contribution in [0, 0.1) is 37.5 Å². The molecule has 0 unspecified atom stereocenters. The Bertz CT molecular complexity index is 2200. The molecule has 4 aromatic rings. The topological polar surface area (TPSA) is 179 Å². The molecule has 0 radical (unpaired) electrons. The molecule has 0 amide bonds. The molecule has 2 aliphatic rings. The summed E-state index contributed by atoms with van der Waals surface area (Å²) in [4.78, 5) is 50.3. The Morgan fingerprint density at radius 1 is 0.549 bits per heavy atom. The Kier molecular flexibility index (Phi) is 21.2. The minimum atomic E-state index is -3.02. The van der Waals surface area contributed by atoms with Crippen LogP contribution in [-0.4, -0.2) is 50.6 Å². The van der Waals surface area contributed by atoms with Crippen molar-refractivity contribution in [2.45, 2.75) is 179 Å². The molecule has 71 heavy (non-hydrogen) atoms. The van der Waals surface area contributed by atoms with Crippen LogP contribution in [0.2, 0.25) is 0 Å². The number of nitro groups is 2. The van der Waals surface area contributed by atoms with Crippen molar-refractivity contribution in [1.82, 2.24) is 0 Å². The number of nitrogens with zero attached hydrogens (tertiary/aromatic N) is 2. The average molecular weight is 975 g/mol. The van der Waals surface area contributed by atoms with E-state index in [9.17, 15) is 40.0 Å². The Hall–Kier alpha value is -5.46. The van der Waals surface area contributed by atoms with E-state index < -0.39 is 33.3 Å². The molecule has 0 spiro atoms. The van der Waals surface area contributed by atoms with E-state index in [0.29, 0.717) is 74.7 Å². The van der Waals surface area contributed by atoms with Crippen LogP contribution in [0.25, 0.3) is 0 Å². The van der Waals surface area contributed by atoms with Crippen LogP contribution in [0.1, 0.15) is 183 Å². The number of ether oxygens (including phenoxy) is 2. The fraction of sp³-hybridized carbons (Fsp3) is 0.559. The van der Waals surface area contributed by atoms with Gasteiger partial charge in [-0.1, -0.05) is 88.1 Å². The van der Waals surface area contributed by atoms with Crippen molar-refractivity contribution in [1.29, 1.82) is 0 Å². The van der Waals surface area contributed by atoms with E-state index in [2.05, 4.69) is 38.1 Å². The lowest BCUT2D eigenvalue weighted by molar-refractivity contribution is -0.385. The Balaban J connectivity index is 1.06. The molecule has 0 atom stereocenters. The molecule has 2 saturated carbocycles. The van der Waals surface area contributed by atoms with Gasteiger partial charge in [0.25, 0.3) is 11.4 Å². The second kappa shape index (κ2) is 27.4. The minimum absolute atomic E-state index is 0.116. The summed E-state index contributed by atoms with van der Waals surface area (Å²) >= 11 is 0. The number of carbonyl (C=O) groups is 2. The van der Waals surface area contributed by atoms with Crippen molar-refractivity contribution in [3.8, 4) is 11.5 Å². The van der Waals surface area contributed by atoms with Crippen LogP contribution in [0.3, 0.4) is 0 Å². The van der Waals surface area contributed by atoms with Crippen LogP contribution in [0.5, 0.6) is 11.5 Å². The van der Waals surface area contributed by atoms with Gasteiger partial charge in [0.05, 0.1) is 23.1 Å². The Morgan fingerprint density at radius 2 is 0.944 bits per heavy atom.